The van der Waals surface area contributed by atoms with Crippen LogP contribution in [-0.4, -0.2) is 7.11 Å². The lowest BCUT2D eigenvalue weighted by atomic mass is 9.67. The maximum absolute atomic E-state index is 14.3. The molecule has 0 bridgehead atoms. The van der Waals surface area contributed by atoms with Gasteiger partial charge in [-0.15, -0.1) is 0 Å². The van der Waals surface area contributed by atoms with Crippen LogP contribution in [0, 0.1) is 23.5 Å². The van der Waals surface area contributed by atoms with Gasteiger partial charge in [-0.2, -0.15) is 4.39 Å². The fourth-order valence-corrected chi connectivity index (χ4v) is 4.68. The van der Waals surface area contributed by atoms with E-state index in [1.54, 1.807) is 6.07 Å². The first-order valence-corrected chi connectivity index (χ1v) is 9.79. The Kier molecular flexibility index (Phi) is 4.97. The van der Waals surface area contributed by atoms with Crippen LogP contribution in [0.3, 0.4) is 0 Å². The monoisotopic (exact) mass is 356 g/mol. The van der Waals surface area contributed by atoms with Gasteiger partial charge in [0.2, 0.25) is 5.82 Å². The molecular weight excluding hydrogens is 330 g/mol. The second kappa shape index (κ2) is 7.38. The smallest absolute Gasteiger partial charge is 0.201 e. The summed E-state index contributed by atoms with van der Waals surface area (Å²) in [6.45, 7) is 0. The van der Waals surface area contributed by atoms with Crippen molar-refractivity contribution in [2.24, 2.45) is 11.8 Å². The van der Waals surface area contributed by atoms with E-state index in [4.69, 9.17) is 4.74 Å². The summed E-state index contributed by atoms with van der Waals surface area (Å²) in [6.07, 6.45) is 9.50. The van der Waals surface area contributed by atoms with Gasteiger partial charge in [-0.1, -0.05) is 43.5 Å². The van der Waals surface area contributed by atoms with Crippen molar-refractivity contribution in [1.82, 2.24) is 0 Å². The van der Waals surface area contributed by atoms with Crippen LogP contribution in [-0.2, 0) is 0 Å². The maximum Gasteiger partial charge on any atom is 0.201 e. The second-order valence-electron chi connectivity index (χ2n) is 7.87. The van der Waals surface area contributed by atoms with E-state index in [2.05, 4.69) is 12.1 Å². The lowest BCUT2D eigenvalue weighted by Crippen LogP contribution is -2.25. The highest BCUT2D eigenvalue weighted by Gasteiger charge is 2.31. The van der Waals surface area contributed by atoms with E-state index in [1.807, 2.05) is 12.1 Å². The molecule has 2 aromatic carbocycles. The molecule has 1 nitrogen and oxygen atoms in total. The SMILES string of the molecule is COc1ccc(-c2ccc(C3CCC(C4CCC4)CC3)cc2)c(F)c1F. The first-order valence-electron chi connectivity index (χ1n) is 9.79. The van der Waals surface area contributed by atoms with Crippen LogP contribution in [0.1, 0.15) is 56.4 Å². The average Bonchev–Trinajstić information content (AvgIpc) is 2.63. The van der Waals surface area contributed by atoms with Gasteiger partial charge in [0.25, 0.3) is 0 Å². The third kappa shape index (κ3) is 3.24. The number of hydrogen-bond donors (Lipinski definition) is 0. The van der Waals surface area contributed by atoms with Gasteiger partial charge >= 0.3 is 0 Å². The molecule has 0 aliphatic heterocycles. The minimum atomic E-state index is -0.927. The quantitative estimate of drug-likeness (QED) is 0.591. The molecular formula is C23H26F2O. The van der Waals surface area contributed by atoms with Crippen molar-refractivity contribution < 1.29 is 13.5 Å². The summed E-state index contributed by atoms with van der Waals surface area (Å²) in [7, 11) is 1.34. The Labute approximate surface area is 154 Å². The van der Waals surface area contributed by atoms with Crippen LogP contribution in [0.15, 0.2) is 36.4 Å². The lowest BCUT2D eigenvalue weighted by Gasteiger charge is -2.38. The van der Waals surface area contributed by atoms with Gasteiger partial charge in [-0.3, -0.25) is 0 Å². The molecule has 2 aliphatic carbocycles. The minimum absolute atomic E-state index is 0.0638. The first kappa shape index (κ1) is 17.5. The summed E-state index contributed by atoms with van der Waals surface area (Å²) in [5.74, 6) is 0.701. The number of hydrogen-bond acceptors (Lipinski definition) is 1. The molecule has 0 unspecified atom stereocenters. The average molecular weight is 356 g/mol. The van der Waals surface area contributed by atoms with E-state index >= 15 is 0 Å². The standard InChI is InChI=1S/C23H26F2O/c1-26-21-14-13-20(22(24)23(21)25)19-11-9-18(10-12-19)17-7-5-16(6-8-17)15-3-2-4-15/h9-17H,2-8H2,1H3. The summed E-state index contributed by atoms with van der Waals surface area (Å²) in [4.78, 5) is 0. The number of benzene rings is 2. The molecule has 2 aromatic rings. The van der Waals surface area contributed by atoms with Crippen LogP contribution in [0.4, 0.5) is 8.78 Å². The van der Waals surface area contributed by atoms with Crippen LogP contribution in [0.2, 0.25) is 0 Å². The van der Waals surface area contributed by atoms with Crippen molar-refractivity contribution in [3.05, 3.63) is 53.6 Å². The van der Waals surface area contributed by atoms with Gasteiger partial charge < -0.3 is 4.74 Å². The second-order valence-corrected chi connectivity index (χ2v) is 7.87. The Morgan fingerprint density at radius 1 is 0.769 bits per heavy atom. The van der Waals surface area contributed by atoms with Crippen molar-refractivity contribution in [2.45, 2.75) is 50.9 Å². The predicted molar refractivity (Wildman–Crippen MR) is 100 cm³/mol. The maximum atomic E-state index is 14.3. The molecule has 0 aromatic heterocycles. The Morgan fingerprint density at radius 2 is 1.42 bits per heavy atom. The third-order valence-corrected chi connectivity index (χ3v) is 6.55. The lowest BCUT2D eigenvalue weighted by molar-refractivity contribution is 0.154. The highest BCUT2D eigenvalue weighted by molar-refractivity contribution is 5.65. The Balaban J connectivity index is 1.46. The summed E-state index contributed by atoms with van der Waals surface area (Å²) in [6, 6.07) is 11.1. The summed E-state index contributed by atoms with van der Waals surface area (Å²) in [5, 5.41) is 0. The van der Waals surface area contributed by atoms with Crippen LogP contribution in [0.5, 0.6) is 5.75 Å². The largest absolute Gasteiger partial charge is 0.494 e. The molecule has 0 radical (unpaired) electrons. The van der Waals surface area contributed by atoms with Crippen molar-refractivity contribution in [3.63, 3.8) is 0 Å². The Bertz CT molecular complexity index is 757. The minimum Gasteiger partial charge on any atom is -0.494 e. The van der Waals surface area contributed by atoms with Crippen molar-refractivity contribution in [3.8, 4) is 16.9 Å². The molecule has 138 valence electrons. The number of halogens is 2. The van der Waals surface area contributed by atoms with Crippen LogP contribution >= 0.6 is 0 Å². The summed E-state index contributed by atoms with van der Waals surface area (Å²) in [5.41, 5.74) is 2.31. The van der Waals surface area contributed by atoms with E-state index < -0.39 is 11.6 Å². The van der Waals surface area contributed by atoms with E-state index in [9.17, 15) is 8.78 Å². The zero-order chi connectivity index (χ0) is 18.1. The fraction of sp³-hybridized carbons (Fsp3) is 0.478. The summed E-state index contributed by atoms with van der Waals surface area (Å²) >= 11 is 0. The highest BCUT2D eigenvalue weighted by atomic mass is 19.2. The topological polar surface area (TPSA) is 9.23 Å². The van der Waals surface area contributed by atoms with Gasteiger partial charge in [0.05, 0.1) is 7.11 Å². The van der Waals surface area contributed by atoms with Gasteiger partial charge in [-0.25, -0.2) is 4.39 Å². The highest BCUT2D eigenvalue weighted by Crippen LogP contribution is 2.45. The first-order chi connectivity index (χ1) is 12.7. The number of rotatable bonds is 4. The molecule has 26 heavy (non-hydrogen) atoms. The number of ether oxygens (including phenoxy) is 1. The molecule has 0 amide bonds. The van der Waals surface area contributed by atoms with Crippen LogP contribution in [0.25, 0.3) is 11.1 Å². The van der Waals surface area contributed by atoms with Gasteiger partial charge in [-0.05, 0) is 66.7 Å². The van der Waals surface area contributed by atoms with Crippen LogP contribution < -0.4 is 4.74 Å². The van der Waals surface area contributed by atoms with E-state index in [1.165, 1.54) is 63.7 Å². The molecule has 2 fully saturated rings. The van der Waals surface area contributed by atoms with Gasteiger partial charge in [0, 0.05) is 5.56 Å². The number of methoxy groups -OCH3 is 1. The van der Waals surface area contributed by atoms with E-state index in [0.717, 1.165) is 11.8 Å². The molecule has 0 heterocycles. The van der Waals surface area contributed by atoms with Crippen molar-refractivity contribution in [2.75, 3.05) is 7.11 Å². The molecule has 0 N–H and O–H groups in total. The third-order valence-electron chi connectivity index (χ3n) is 6.55. The molecule has 2 saturated carbocycles. The van der Waals surface area contributed by atoms with Gasteiger partial charge in [0.1, 0.15) is 0 Å². The van der Waals surface area contributed by atoms with E-state index in [-0.39, 0.29) is 11.3 Å². The molecule has 0 atom stereocenters. The molecule has 2 aliphatic rings. The Morgan fingerprint density at radius 3 is 2.00 bits per heavy atom. The molecule has 0 saturated heterocycles. The predicted octanol–water partition coefficient (Wildman–Crippen LogP) is 6.71. The normalized spacial score (nSPS) is 23.5. The van der Waals surface area contributed by atoms with Gasteiger partial charge in [0.15, 0.2) is 11.6 Å². The zero-order valence-electron chi connectivity index (χ0n) is 15.3. The molecule has 4 rings (SSSR count). The summed E-state index contributed by atoms with van der Waals surface area (Å²) < 4.78 is 33.1. The molecule has 0 spiro atoms. The molecule has 3 heteroatoms. The fourth-order valence-electron chi connectivity index (χ4n) is 4.68. The zero-order valence-corrected chi connectivity index (χ0v) is 15.3. The van der Waals surface area contributed by atoms with E-state index in [0.29, 0.717) is 11.5 Å². The van der Waals surface area contributed by atoms with Crippen molar-refractivity contribution in [1.29, 1.82) is 0 Å². The Hall–Kier alpha value is -1.90. The van der Waals surface area contributed by atoms with Crippen molar-refractivity contribution >= 4 is 0 Å².